The van der Waals surface area contributed by atoms with Crippen LogP contribution < -0.4 is 0 Å². The molecule has 0 spiro atoms. The van der Waals surface area contributed by atoms with Gasteiger partial charge in [-0.25, -0.2) is 0 Å². The van der Waals surface area contributed by atoms with Crippen molar-refractivity contribution in [2.24, 2.45) is 0 Å². The van der Waals surface area contributed by atoms with Gasteiger partial charge in [-0.3, -0.25) is 0 Å². The summed E-state index contributed by atoms with van der Waals surface area (Å²) in [6, 6.07) is 70.8. The second-order valence-electron chi connectivity index (χ2n) is 14.3. The molecule has 11 rings (SSSR count). The highest BCUT2D eigenvalue weighted by Crippen LogP contribution is 2.48. The van der Waals surface area contributed by atoms with Crippen LogP contribution in [0.1, 0.15) is 11.1 Å². The molecule has 54 heavy (non-hydrogen) atoms. The maximum Gasteiger partial charge on any atom is 0.136 e. The zero-order valence-electron chi connectivity index (χ0n) is 29.6. The van der Waals surface area contributed by atoms with Crippen molar-refractivity contribution in [1.29, 1.82) is 0 Å². The van der Waals surface area contributed by atoms with Crippen molar-refractivity contribution in [2.75, 3.05) is 0 Å². The highest BCUT2D eigenvalue weighted by Gasteiger charge is 2.22. The number of rotatable bonds is 5. The molecule has 0 aliphatic rings. The molecule has 1 heterocycles. The van der Waals surface area contributed by atoms with Crippen LogP contribution in [0.25, 0.3) is 98.4 Å². The van der Waals surface area contributed by atoms with Gasteiger partial charge in [0.1, 0.15) is 11.2 Å². The summed E-state index contributed by atoms with van der Waals surface area (Å²) in [5, 5.41) is 12.4. The van der Waals surface area contributed by atoms with E-state index in [0.717, 1.165) is 33.9 Å². The first-order valence-electron chi connectivity index (χ1n) is 18.7. The molecule has 0 aliphatic carbocycles. The van der Waals surface area contributed by atoms with Gasteiger partial charge in [0.2, 0.25) is 0 Å². The van der Waals surface area contributed by atoms with Crippen molar-refractivity contribution in [3.05, 3.63) is 205 Å². The molecule has 0 radical (unpaired) electrons. The Morgan fingerprint density at radius 1 is 0.296 bits per heavy atom. The van der Waals surface area contributed by atoms with Crippen LogP contribution in [0.2, 0.25) is 0 Å². The van der Waals surface area contributed by atoms with Gasteiger partial charge in [-0.2, -0.15) is 0 Å². The van der Waals surface area contributed by atoms with Gasteiger partial charge in [-0.1, -0.05) is 176 Å². The van der Waals surface area contributed by atoms with Crippen LogP contribution in [-0.2, 0) is 6.42 Å². The fourth-order valence-corrected chi connectivity index (χ4v) is 8.94. The number of furan rings is 1. The van der Waals surface area contributed by atoms with Crippen molar-refractivity contribution < 1.29 is 4.42 Å². The molecule has 0 atom stereocenters. The lowest BCUT2D eigenvalue weighted by atomic mass is 9.82. The van der Waals surface area contributed by atoms with Crippen LogP contribution in [0.4, 0.5) is 0 Å². The van der Waals surface area contributed by atoms with Gasteiger partial charge in [0, 0.05) is 10.8 Å². The summed E-state index contributed by atoms with van der Waals surface area (Å²) in [6.45, 7) is 0. The molecule has 0 saturated carbocycles. The smallest absolute Gasteiger partial charge is 0.136 e. The lowest BCUT2D eigenvalue weighted by Gasteiger charge is -2.21. The summed E-state index contributed by atoms with van der Waals surface area (Å²) >= 11 is 0. The second-order valence-corrected chi connectivity index (χ2v) is 14.3. The minimum Gasteiger partial charge on any atom is -0.456 e. The van der Waals surface area contributed by atoms with E-state index < -0.39 is 0 Å². The molecular weight excluding hydrogens is 653 g/mol. The standard InChI is InChI=1S/C53H34O/c1-2-16-34(17-3-1)47-33-51-48(42-24-14-15-29-50(42)54-51)32-49(47)53-45-27-12-10-25-43(45)52(44-26-11-13-28-46(44)53)40-22-7-5-19-36(40)31-37-30-35-18-4-6-20-38(35)41-23-9-8-21-39(37)41/h1-30,32-33H,31H2. The molecule has 10 aromatic carbocycles. The van der Waals surface area contributed by atoms with Gasteiger partial charge in [0.05, 0.1) is 0 Å². The van der Waals surface area contributed by atoms with Gasteiger partial charge in [-0.05, 0) is 112 Å². The van der Waals surface area contributed by atoms with Crippen molar-refractivity contribution in [1.82, 2.24) is 0 Å². The average molecular weight is 687 g/mol. The van der Waals surface area contributed by atoms with E-state index in [1.165, 1.54) is 82.0 Å². The third-order valence-corrected chi connectivity index (χ3v) is 11.3. The van der Waals surface area contributed by atoms with Gasteiger partial charge in [0.15, 0.2) is 0 Å². The predicted molar refractivity (Wildman–Crippen MR) is 229 cm³/mol. The van der Waals surface area contributed by atoms with Crippen LogP contribution in [0.5, 0.6) is 0 Å². The van der Waals surface area contributed by atoms with E-state index in [1.807, 2.05) is 6.07 Å². The number of fused-ring (bicyclic) bond motifs is 8. The van der Waals surface area contributed by atoms with Crippen molar-refractivity contribution in [2.45, 2.75) is 6.42 Å². The third kappa shape index (κ3) is 4.79. The normalized spacial score (nSPS) is 11.8. The predicted octanol–water partition coefficient (Wildman–Crippen LogP) is 14.8. The Bertz CT molecular complexity index is 3180. The molecule has 0 bridgehead atoms. The highest BCUT2D eigenvalue weighted by atomic mass is 16.3. The Kier molecular flexibility index (Phi) is 7.00. The van der Waals surface area contributed by atoms with E-state index in [0.29, 0.717) is 0 Å². The number of benzene rings is 10. The molecule has 252 valence electrons. The van der Waals surface area contributed by atoms with Gasteiger partial charge in [0.25, 0.3) is 0 Å². The number of hydrogen-bond donors (Lipinski definition) is 0. The molecule has 0 unspecified atom stereocenters. The van der Waals surface area contributed by atoms with Gasteiger partial charge in [-0.15, -0.1) is 0 Å². The van der Waals surface area contributed by atoms with E-state index >= 15 is 0 Å². The largest absolute Gasteiger partial charge is 0.456 e. The Hall–Kier alpha value is -6.96. The zero-order valence-corrected chi connectivity index (χ0v) is 29.6. The van der Waals surface area contributed by atoms with Crippen molar-refractivity contribution in [3.8, 4) is 33.4 Å². The highest BCUT2D eigenvalue weighted by molar-refractivity contribution is 6.24. The van der Waals surface area contributed by atoms with E-state index in [9.17, 15) is 0 Å². The first kappa shape index (κ1) is 30.6. The maximum atomic E-state index is 6.47. The molecule has 1 nitrogen and oxygen atoms in total. The van der Waals surface area contributed by atoms with Crippen LogP contribution in [0.15, 0.2) is 199 Å². The molecule has 0 fully saturated rings. The fourth-order valence-electron chi connectivity index (χ4n) is 8.94. The molecule has 0 N–H and O–H groups in total. The summed E-state index contributed by atoms with van der Waals surface area (Å²) in [5.41, 5.74) is 11.8. The fraction of sp³-hybridized carbons (Fsp3) is 0.0189. The molecule has 1 aromatic heterocycles. The number of para-hydroxylation sites is 1. The summed E-state index contributed by atoms with van der Waals surface area (Å²) in [7, 11) is 0. The van der Waals surface area contributed by atoms with E-state index in [4.69, 9.17) is 4.42 Å². The molecule has 0 amide bonds. The molecule has 1 heteroatoms. The molecule has 0 aliphatic heterocycles. The second kappa shape index (κ2) is 12.3. The Morgan fingerprint density at radius 2 is 0.833 bits per heavy atom. The summed E-state index contributed by atoms with van der Waals surface area (Å²) in [4.78, 5) is 0. The maximum absolute atomic E-state index is 6.47. The minimum absolute atomic E-state index is 0.828. The summed E-state index contributed by atoms with van der Waals surface area (Å²) in [6.07, 6.45) is 0.828. The first-order valence-corrected chi connectivity index (χ1v) is 18.7. The monoisotopic (exact) mass is 686 g/mol. The van der Waals surface area contributed by atoms with Crippen molar-refractivity contribution in [3.63, 3.8) is 0 Å². The van der Waals surface area contributed by atoms with E-state index in [-0.39, 0.29) is 0 Å². The van der Waals surface area contributed by atoms with Crippen LogP contribution in [-0.4, -0.2) is 0 Å². The SMILES string of the molecule is c1ccc(-c2cc3oc4ccccc4c3cc2-c2c3ccccc3c(-c3ccccc3Cc3cc4ccccc4c4ccccc34)c3ccccc23)cc1. The lowest BCUT2D eigenvalue weighted by molar-refractivity contribution is 0.669. The molecule has 0 saturated heterocycles. The van der Waals surface area contributed by atoms with Crippen molar-refractivity contribution >= 4 is 65.0 Å². The Balaban J connectivity index is 1.20. The number of hydrogen-bond acceptors (Lipinski definition) is 1. The minimum atomic E-state index is 0.828. The molecule has 11 aromatic rings. The third-order valence-electron chi connectivity index (χ3n) is 11.3. The van der Waals surface area contributed by atoms with Gasteiger partial charge >= 0.3 is 0 Å². The van der Waals surface area contributed by atoms with Crippen LogP contribution >= 0.6 is 0 Å². The molecular formula is C53H34O. The lowest BCUT2D eigenvalue weighted by Crippen LogP contribution is -1.97. The quantitative estimate of drug-likeness (QED) is 0.130. The van der Waals surface area contributed by atoms with E-state index in [1.54, 1.807) is 0 Å². The van der Waals surface area contributed by atoms with E-state index in [2.05, 4.69) is 188 Å². The zero-order chi connectivity index (χ0) is 35.6. The first-order chi connectivity index (χ1) is 26.8. The van der Waals surface area contributed by atoms with Crippen LogP contribution in [0, 0.1) is 0 Å². The Labute approximate surface area is 313 Å². The van der Waals surface area contributed by atoms with Gasteiger partial charge < -0.3 is 4.42 Å². The summed E-state index contributed by atoms with van der Waals surface area (Å²) < 4.78 is 6.47. The average Bonchev–Trinajstić information content (AvgIpc) is 3.60. The topological polar surface area (TPSA) is 13.1 Å². The Morgan fingerprint density at radius 3 is 1.56 bits per heavy atom. The van der Waals surface area contributed by atoms with Crippen LogP contribution in [0.3, 0.4) is 0 Å². The summed E-state index contributed by atoms with van der Waals surface area (Å²) in [5.74, 6) is 0.